The van der Waals surface area contributed by atoms with Crippen LogP contribution < -0.4 is 15.4 Å². The van der Waals surface area contributed by atoms with Crippen LogP contribution in [0.1, 0.15) is 43.2 Å². The number of phenols is 1. The predicted molar refractivity (Wildman–Crippen MR) is 119 cm³/mol. The number of carbonyl (C=O) groups excluding carboxylic acids is 2. The van der Waals surface area contributed by atoms with E-state index in [1.54, 1.807) is 12.1 Å². The summed E-state index contributed by atoms with van der Waals surface area (Å²) >= 11 is 0. The van der Waals surface area contributed by atoms with Gasteiger partial charge >= 0.3 is 0 Å². The highest BCUT2D eigenvalue weighted by Gasteiger charge is 2.38. The first kappa shape index (κ1) is 20.7. The lowest BCUT2D eigenvalue weighted by atomic mass is 9.75. The highest BCUT2D eigenvalue weighted by molar-refractivity contribution is 6.10. The Morgan fingerprint density at radius 1 is 1.16 bits per heavy atom. The zero-order chi connectivity index (χ0) is 22.1. The van der Waals surface area contributed by atoms with Crippen LogP contribution >= 0.6 is 0 Å². The highest BCUT2D eigenvalue weighted by atomic mass is 16.5. The summed E-state index contributed by atoms with van der Waals surface area (Å²) in [5.41, 5.74) is 5.12. The Kier molecular flexibility index (Phi) is 5.55. The number of ketones is 1. The molecule has 0 fully saturated rings. The molecule has 1 amide bonds. The van der Waals surface area contributed by atoms with E-state index >= 15 is 0 Å². The van der Waals surface area contributed by atoms with Crippen LogP contribution in [0, 0.1) is 6.92 Å². The van der Waals surface area contributed by atoms with Crippen LogP contribution in [0.5, 0.6) is 11.5 Å². The Morgan fingerprint density at radius 2 is 1.94 bits per heavy atom. The number of hydrogen-bond acceptors (Lipinski definition) is 5. The molecule has 0 aromatic heterocycles. The average molecular weight is 418 g/mol. The molecule has 160 valence electrons. The Labute approximate surface area is 181 Å². The SMILES string of the molecule is COc1cc([C@H]2C(C(=O)Nc3ccccc3C)=C(C)NC3=C2C(=O)CCC3)ccc1O. The van der Waals surface area contributed by atoms with Crippen molar-refractivity contribution in [1.29, 1.82) is 0 Å². The number of amides is 1. The van der Waals surface area contributed by atoms with Crippen LogP contribution in [0.15, 0.2) is 65.0 Å². The minimum atomic E-state index is -0.539. The van der Waals surface area contributed by atoms with Gasteiger partial charge in [-0.1, -0.05) is 24.3 Å². The summed E-state index contributed by atoms with van der Waals surface area (Å²) in [5.74, 6) is -0.447. The number of hydrogen-bond donors (Lipinski definition) is 3. The van der Waals surface area contributed by atoms with Crippen molar-refractivity contribution >= 4 is 17.4 Å². The fourth-order valence-electron chi connectivity index (χ4n) is 4.39. The largest absolute Gasteiger partial charge is 0.504 e. The van der Waals surface area contributed by atoms with E-state index in [2.05, 4.69) is 10.6 Å². The summed E-state index contributed by atoms with van der Waals surface area (Å²) in [6, 6.07) is 12.6. The minimum Gasteiger partial charge on any atom is -0.504 e. The van der Waals surface area contributed by atoms with E-state index in [9.17, 15) is 14.7 Å². The number of ether oxygens (including phenoxy) is 1. The van der Waals surface area contributed by atoms with Gasteiger partial charge in [0.1, 0.15) is 0 Å². The standard InChI is InChI=1S/C25H26N2O4/c1-14-7-4-5-8-17(14)27-25(30)22-15(2)26-18-9-6-10-20(29)24(18)23(22)16-11-12-19(28)21(13-16)31-3/h4-5,7-8,11-13,23,26,28H,6,9-10H2,1-3H3,(H,27,30)/t23-/m0/s1. The Balaban J connectivity index is 1.83. The topological polar surface area (TPSA) is 87.7 Å². The molecule has 1 aliphatic heterocycles. The van der Waals surface area contributed by atoms with Crippen LogP contribution in [0.3, 0.4) is 0 Å². The third-order valence-corrected chi connectivity index (χ3v) is 5.95. The van der Waals surface area contributed by atoms with Gasteiger partial charge in [-0.25, -0.2) is 0 Å². The first-order valence-corrected chi connectivity index (χ1v) is 10.4. The van der Waals surface area contributed by atoms with Gasteiger partial charge < -0.3 is 20.5 Å². The number of anilines is 1. The monoisotopic (exact) mass is 418 g/mol. The zero-order valence-electron chi connectivity index (χ0n) is 17.9. The molecular weight excluding hydrogens is 392 g/mol. The van der Waals surface area contributed by atoms with Crippen molar-refractivity contribution in [3.63, 3.8) is 0 Å². The van der Waals surface area contributed by atoms with Gasteiger partial charge in [0, 0.05) is 40.6 Å². The second-order valence-electron chi connectivity index (χ2n) is 7.97. The van der Waals surface area contributed by atoms with E-state index in [0.717, 1.165) is 41.1 Å². The van der Waals surface area contributed by atoms with Crippen molar-refractivity contribution < 1.29 is 19.4 Å². The second kappa shape index (κ2) is 8.30. The van der Waals surface area contributed by atoms with Crippen LogP contribution in [0.2, 0.25) is 0 Å². The molecule has 0 spiro atoms. The Hall–Kier alpha value is -3.54. The number of carbonyl (C=O) groups is 2. The maximum Gasteiger partial charge on any atom is 0.254 e. The first-order valence-electron chi connectivity index (χ1n) is 10.4. The number of Topliss-reactive ketones (excluding diaryl/α,β-unsaturated/α-hetero) is 1. The van der Waals surface area contributed by atoms with Crippen molar-refractivity contribution in [2.75, 3.05) is 12.4 Å². The maximum atomic E-state index is 13.5. The number of phenolic OH excluding ortho intramolecular Hbond substituents is 1. The molecule has 6 nitrogen and oxygen atoms in total. The number of benzene rings is 2. The van der Waals surface area contributed by atoms with Crippen molar-refractivity contribution in [3.05, 3.63) is 76.1 Å². The molecule has 0 unspecified atom stereocenters. The quantitative estimate of drug-likeness (QED) is 0.688. The van der Waals surface area contributed by atoms with Gasteiger partial charge in [-0.05, 0) is 56.0 Å². The van der Waals surface area contributed by atoms with E-state index in [1.165, 1.54) is 13.2 Å². The fraction of sp³-hybridized carbons (Fsp3) is 0.280. The van der Waals surface area contributed by atoms with E-state index in [4.69, 9.17) is 4.74 Å². The number of para-hydroxylation sites is 1. The molecule has 0 saturated heterocycles. The smallest absolute Gasteiger partial charge is 0.254 e. The summed E-state index contributed by atoms with van der Waals surface area (Å²) < 4.78 is 5.29. The maximum absolute atomic E-state index is 13.5. The molecule has 2 aliphatic rings. The van der Waals surface area contributed by atoms with Gasteiger partial charge in [-0.15, -0.1) is 0 Å². The number of aromatic hydroxyl groups is 1. The normalized spacial score (nSPS) is 18.4. The van der Waals surface area contributed by atoms with Crippen molar-refractivity contribution in [3.8, 4) is 11.5 Å². The van der Waals surface area contributed by atoms with Crippen molar-refractivity contribution in [2.45, 2.75) is 39.0 Å². The number of nitrogens with one attached hydrogen (secondary N) is 2. The summed E-state index contributed by atoms with van der Waals surface area (Å²) in [4.78, 5) is 26.5. The summed E-state index contributed by atoms with van der Waals surface area (Å²) in [5, 5.41) is 16.4. The van der Waals surface area contributed by atoms with Crippen molar-refractivity contribution in [2.24, 2.45) is 0 Å². The third kappa shape index (κ3) is 3.81. The second-order valence-corrected chi connectivity index (χ2v) is 7.97. The molecule has 1 atom stereocenters. The number of aryl methyl sites for hydroxylation is 1. The van der Waals surface area contributed by atoms with Gasteiger partial charge in [0.2, 0.25) is 0 Å². The van der Waals surface area contributed by atoms with Crippen LogP contribution in [0.4, 0.5) is 5.69 Å². The molecule has 3 N–H and O–H groups in total. The van der Waals surface area contributed by atoms with Crippen LogP contribution in [0.25, 0.3) is 0 Å². The van der Waals surface area contributed by atoms with Gasteiger partial charge in [-0.3, -0.25) is 9.59 Å². The third-order valence-electron chi connectivity index (χ3n) is 5.95. The molecule has 1 heterocycles. The lowest BCUT2D eigenvalue weighted by Crippen LogP contribution is -2.35. The van der Waals surface area contributed by atoms with Gasteiger partial charge in [-0.2, -0.15) is 0 Å². The average Bonchev–Trinajstić information content (AvgIpc) is 2.75. The van der Waals surface area contributed by atoms with Gasteiger partial charge in [0.25, 0.3) is 5.91 Å². The molecule has 31 heavy (non-hydrogen) atoms. The van der Waals surface area contributed by atoms with E-state index in [1.807, 2.05) is 38.1 Å². The molecule has 2 aromatic rings. The molecule has 2 aromatic carbocycles. The van der Waals surface area contributed by atoms with Gasteiger partial charge in [0.15, 0.2) is 17.3 Å². The number of allylic oxidation sites excluding steroid dienone is 3. The van der Waals surface area contributed by atoms with E-state index in [-0.39, 0.29) is 17.4 Å². The Bertz CT molecular complexity index is 1130. The number of rotatable bonds is 4. The number of dihydropyridines is 1. The first-order chi connectivity index (χ1) is 14.9. The molecule has 4 rings (SSSR count). The lowest BCUT2D eigenvalue weighted by Gasteiger charge is -2.34. The predicted octanol–water partition coefficient (Wildman–Crippen LogP) is 4.32. The van der Waals surface area contributed by atoms with Crippen molar-refractivity contribution in [1.82, 2.24) is 5.32 Å². The summed E-state index contributed by atoms with van der Waals surface area (Å²) in [6.45, 7) is 3.80. The summed E-state index contributed by atoms with van der Waals surface area (Å²) in [7, 11) is 1.48. The van der Waals surface area contributed by atoms with Crippen LogP contribution in [-0.4, -0.2) is 23.9 Å². The zero-order valence-corrected chi connectivity index (χ0v) is 17.9. The van der Waals surface area contributed by atoms with E-state index < -0.39 is 5.92 Å². The number of methoxy groups -OCH3 is 1. The van der Waals surface area contributed by atoms with Crippen LogP contribution in [-0.2, 0) is 9.59 Å². The molecule has 0 bridgehead atoms. The Morgan fingerprint density at radius 3 is 2.68 bits per heavy atom. The molecule has 1 aliphatic carbocycles. The highest BCUT2D eigenvalue weighted by Crippen LogP contribution is 2.44. The molecule has 6 heteroatoms. The van der Waals surface area contributed by atoms with Gasteiger partial charge in [0.05, 0.1) is 7.11 Å². The minimum absolute atomic E-state index is 0.0102. The molecule has 0 radical (unpaired) electrons. The molecule has 0 saturated carbocycles. The lowest BCUT2D eigenvalue weighted by molar-refractivity contribution is -0.116. The summed E-state index contributed by atoms with van der Waals surface area (Å²) in [6.07, 6.45) is 2.00. The van der Waals surface area contributed by atoms with E-state index in [0.29, 0.717) is 23.3 Å². The fourth-order valence-corrected chi connectivity index (χ4v) is 4.39. The molecular formula is C25H26N2O4.